The Morgan fingerprint density at radius 3 is 2.24 bits per heavy atom. The van der Waals surface area contributed by atoms with E-state index in [0.29, 0.717) is 23.3 Å². The average molecular weight is 440 g/mol. The fourth-order valence-electron chi connectivity index (χ4n) is 7.03. The number of pyridine rings is 1. The van der Waals surface area contributed by atoms with Crippen LogP contribution in [-0.4, -0.2) is 23.3 Å². The summed E-state index contributed by atoms with van der Waals surface area (Å²) in [6, 6.07) is 17.5. The summed E-state index contributed by atoms with van der Waals surface area (Å²) in [6.45, 7) is 1.92. The van der Waals surface area contributed by atoms with Crippen molar-refractivity contribution in [2.24, 2.45) is 23.2 Å². The zero-order valence-electron chi connectivity index (χ0n) is 19.0. The van der Waals surface area contributed by atoms with E-state index in [-0.39, 0.29) is 17.8 Å². The van der Waals surface area contributed by atoms with Gasteiger partial charge in [-0.05, 0) is 75.3 Å². The van der Waals surface area contributed by atoms with Crippen molar-refractivity contribution in [3.05, 3.63) is 65.7 Å². The highest BCUT2D eigenvalue weighted by molar-refractivity contribution is 6.05. The zero-order chi connectivity index (χ0) is 22.6. The minimum Gasteiger partial charge on any atom is -0.454 e. The maximum Gasteiger partial charge on any atom is 0.339 e. The Bertz CT molecular complexity index is 1210. The van der Waals surface area contributed by atoms with E-state index in [0.717, 1.165) is 41.4 Å². The standard InChI is InChI=1S/C29H29NO3/c1-18-6-8-22(9-7-18)26-13-24(23-4-2-3-5-25(23)30-26)28(32)33-17-27(31)29-14-19-10-20(15-29)12-21(11-19)16-29/h2-9,13,19-21H,10-12,14-17H2,1H3. The van der Waals surface area contributed by atoms with Crippen molar-refractivity contribution in [1.29, 1.82) is 0 Å². The van der Waals surface area contributed by atoms with Crippen molar-refractivity contribution in [2.45, 2.75) is 45.4 Å². The van der Waals surface area contributed by atoms with E-state index >= 15 is 0 Å². The third-order valence-electron chi connectivity index (χ3n) is 8.25. The molecule has 4 saturated carbocycles. The van der Waals surface area contributed by atoms with Crippen LogP contribution in [0.15, 0.2) is 54.6 Å². The number of Topliss-reactive ketones (excluding diaryl/α,β-unsaturated/α-hetero) is 1. The number of nitrogens with zero attached hydrogens (tertiary/aromatic N) is 1. The average Bonchev–Trinajstić information content (AvgIpc) is 2.81. The molecule has 4 fully saturated rings. The van der Waals surface area contributed by atoms with Gasteiger partial charge in [-0.3, -0.25) is 4.79 Å². The summed E-state index contributed by atoms with van der Waals surface area (Å²) in [5.41, 5.74) is 3.81. The molecule has 4 heteroatoms. The fourth-order valence-corrected chi connectivity index (χ4v) is 7.03. The smallest absolute Gasteiger partial charge is 0.339 e. The van der Waals surface area contributed by atoms with Crippen LogP contribution < -0.4 is 0 Å². The largest absolute Gasteiger partial charge is 0.454 e. The van der Waals surface area contributed by atoms with Gasteiger partial charge in [-0.2, -0.15) is 0 Å². The quantitative estimate of drug-likeness (QED) is 0.447. The van der Waals surface area contributed by atoms with Gasteiger partial charge in [0.15, 0.2) is 12.4 Å². The number of ether oxygens (including phenoxy) is 1. The summed E-state index contributed by atoms with van der Waals surface area (Å²) in [6.07, 6.45) is 6.84. The molecule has 3 aromatic rings. The van der Waals surface area contributed by atoms with Gasteiger partial charge in [0.25, 0.3) is 0 Å². The third kappa shape index (κ3) is 3.66. The second kappa shape index (κ2) is 7.79. The number of carbonyl (C=O) groups is 2. The van der Waals surface area contributed by atoms with E-state index < -0.39 is 5.97 Å². The molecule has 0 saturated heterocycles. The number of ketones is 1. The Morgan fingerprint density at radius 1 is 0.939 bits per heavy atom. The monoisotopic (exact) mass is 439 g/mol. The Morgan fingerprint density at radius 2 is 1.58 bits per heavy atom. The van der Waals surface area contributed by atoms with E-state index in [9.17, 15) is 9.59 Å². The predicted octanol–water partition coefficient (Wildman–Crippen LogP) is 6.15. The van der Waals surface area contributed by atoms with Gasteiger partial charge in [0.05, 0.1) is 16.8 Å². The summed E-state index contributed by atoms with van der Waals surface area (Å²) in [5.74, 6) is 1.76. The number of aryl methyl sites for hydroxylation is 1. The van der Waals surface area contributed by atoms with Crippen LogP contribution in [0.25, 0.3) is 22.2 Å². The molecule has 0 N–H and O–H groups in total. The van der Waals surface area contributed by atoms with Crippen molar-refractivity contribution in [1.82, 2.24) is 4.98 Å². The normalized spacial score (nSPS) is 27.6. The highest BCUT2D eigenvalue weighted by atomic mass is 16.5. The van der Waals surface area contributed by atoms with Gasteiger partial charge in [0, 0.05) is 16.4 Å². The van der Waals surface area contributed by atoms with E-state index in [4.69, 9.17) is 9.72 Å². The number of fused-ring (bicyclic) bond motifs is 1. The number of hydrogen-bond donors (Lipinski definition) is 0. The fraction of sp³-hybridized carbons (Fsp3) is 0.414. The van der Waals surface area contributed by atoms with Crippen LogP contribution in [0.4, 0.5) is 0 Å². The van der Waals surface area contributed by atoms with E-state index in [1.54, 1.807) is 6.07 Å². The molecule has 1 aromatic heterocycles. The molecule has 0 spiro atoms. The number of hydrogen-bond acceptors (Lipinski definition) is 4. The Kier molecular flexibility index (Phi) is 4.86. The maximum atomic E-state index is 13.3. The van der Waals surface area contributed by atoms with Gasteiger partial charge in [0.1, 0.15) is 0 Å². The topological polar surface area (TPSA) is 56.3 Å². The first-order valence-electron chi connectivity index (χ1n) is 12.2. The van der Waals surface area contributed by atoms with Crippen LogP contribution in [-0.2, 0) is 9.53 Å². The highest BCUT2D eigenvalue weighted by Gasteiger charge is 2.54. The highest BCUT2D eigenvalue weighted by Crippen LogP contribution is 2.60. The number of rotatable bonds is 5. The van der Waals surface area contributed by atoms with Gasteiger partial charge < -0.3 is 4.74 Å². The van der Waals surface area contributed by atoms with Crippen LogP contribution in [0.5, 0.6) is 0 Å². The van der Waals surface area contributed by atoms with Crippen molar-refractivity contribution < 1.29 is 14.3 Å². The molecule has 0 amide bonds. The van der Waals surface area contributed by atoms with E-state index in [2.05, 4.69) is 0 Å². The van der Waals surface area contributed by atoms with Crippen molar-refractivity contribution in [3.8, 4) is 11.3 Å². The second-order valence-electron chi connectivity index (χ2n) is 10.6. The summed E-state index contributed by atoms with van der Waals surface area (Å²) >= 11 is 0. The summed E-state index contributed by atoms with van der Waals surface area (Å²) in [4.78, 5) is 31.3. The molecule has 0 atom stereocenters. The lowest BCUT2D eigenvalue weighted by Gasteiger charge is -2.55. The number of carbonyl (C=O) groups excluding carboxylic acids is 2. The SMILES string of the molecule is Cc1ccc(-c2cc(C(=O)OCC(=O)C34CC5CC(CC(C5)C3)C4)c3ccccc3n2)cc1. The van der Waals surface area contributed by atoms with Crippen molar-refractivity contribution >= 4 is 22.7 Å². The first-order valence-corrected chi connectivity index (χ1v) is 12.2. The lowest BCUT2D eigenvalue weighted by molar-refractivity contribution is -0.147. The minimum absolute atomic E-state index is 0.124. The summed E-state index contributed by atoms with van der Waals surface area (Å²) in [7, 11) is 0. The van der Waals surface area contributed by atoms with Crippen LogP contribution in [0.2, 0.25) is 0 Å². The molecule has 0 aliphatic heterocycles. The Hall–Kier alpha value is -3.01. The zero-order valence-corrected chi connectivity index (χ0v) is 19.0. The van der Waals surface area contributed by atoms with E-state index in [1.807, 2.05) is 55.5 Å². The third-order valence-corrected chi connectivity index (χ3v) is 8.25. The lowest BCUT2D eigenvalue weighted by atomic mass is 9.48. The molecule has 33 heavy (non-hydrogen) atoms. The Balaban J connectivity index is 1.26. The number of esters is 1. The van der Waals surface area contributed by atoms with Crippen LogP contribution in [0.3, 0.4) is 0 Å². The molecule has 0 unspecified atom stereocenters. The number of aromatic nitrogens is 1. The second-order valence-corrected chi connectivity index (χ2v) is 10.6. The molecule has 4 aliphatic rings. The van der Waals surface area contributed by atoms with Crippen LogP contribution in [0, 0.1) is 30.1 Å². The predicted molar refractivity (Wildman–Crippen MR) is 128 cm³/mol. The molecule has 168 valence electrons. The van der Waals surface area contributed by atoms with Crippen molar-refractivity contribution in [3.63, 3.8) is 0 Å². The lowest BCUT2D eigenvalue weighted by Crippen LogP contribution is -2.51. The molecular formula is C29H29NO3. The molecule has 1 heterocycles. The maximum absolute atomic E-state index is 13.3. The molecule has 7 rings (SSSR count). The molecule has 4 bridgehead atoms. The molecule has 4 nitrogen and oxygen atoms in total. The summed E-state index contributed by atoms with van der Waals surface area (Å²) < 4.78 is 5.68. The molecule has 4 aliphatic carbocycles. The van der Waals surface area contributed by atoms with Gasteiger partial charge in [-0.15, -0.1) is 0 Å². The van der Waals surface area contributed by atoms with Crippen LogP contribution >= 0.6 is 0 Å². The number of benzene rings is 2. The summed E-state index contributed by atoms with van der Waals surface area (Å²) in [5, 5.41) is 0.751. The van der Waals surface area contributed by atoms with Gasteiger partial charge >= 0.3 is 5.97 Å². The number of para-hydroxylation sites is 1. The van der Waals surface area contributed by atoms with E-state index in [1.165, 1.54) is 24.8 Å². The van der Waals surface area contributed by atoms with Gasteiger partial charge in [0.2, 0.25) is 0 Å². The minimum atomic E-state index is -0.444. The first-order chi connectivity index (χ1) is 16.0. The van der Waals surface area contributed by atoms with Gasteiger partial charge in [-0.1, -0.05) is 48.0 Å². The molecular weight excluding hydrogens is 410 g/mol. The van der Waals surface area contributed by atoms with Crippen LogP contribution in [0.1, 0.15) is 54.4 Å². The molecule has 0 radical (unpaired) electrons. The Labute approximate surface area is 194 Å². The first kappa shape index (κ1) is 20.6. The van der Waals surface area contributed by atoms with Crippen molar-refractivity contribution in [2.75, 3.05) is 6.61 Å². The molecule has 2 aromatic carbocycles. The van der Waals surface area contributed by atoms with Gasteiger partial charge in [-0.25, -0.2) is 9.78 Å².